The topological polar surface area (TPSA) is 86.8 Å². The van der Waals surface area contributed by atoms with Gasteiger partial charge in [0.05, 0.1) is 11.9 Å². The van der Waals surface area contributed by atoms with E-state index in [4.69, 9.17) is 11.6 Å². The smallest absolute Gasteiger partial charge is 0.243 e. The Morgan fingerprint density at radius 2 is 1.73 bits per heavy atom. The van der Waals surface area contributed by atoms with Crippen LogP contribution in [0, 0.1) is 12.7 Å². The summed E-state index contributed by atoms with van der Waals surface area (Å²) in [7, 11) is -3.63. The molecule has 37 heavy (non-hydrogen) atoms. The predicted molar refractivity (Wildman–Crippen MR) is 147 cm³/mol. The molecule has 10 heteroatoms. The minimum Gasteiger partial charge on any atom is -0.350 e. The van der Waals surface area contributed by atoms with Crippen molar-refractivity contribution in [1.29, 1.82) is 0 Å². The Labute approximate surface area is 225 Å². The Kier molecular flexibility index (Phi) is 10.5. The molecule has 0 spiro atoms. The molecule has 2 aromatic rings. The van der Waals surface area contributed by atoms with Crippen molar-refractivity contribution >= 4 is 39.1 Å². The monoisotopic (exact) mass is 553 g/mol. The van der Waals surface area contributed by atoms with Crippen molar-refractivity contribution in [3.8, 4) is 0 Å². The first-order valence-corrected chi connectivity index (χ1v) is 14.5. The lowest BCUT2D eigenvalue weighted by atomic mass is 10.0. The zero-order valence-corrected chi connectivity index (χ0v) is 23.9. The number of hydrogen-bond donors (Lipinski definition) is 1. The molecule has 0 bridgehead atoms. The summed E-state index contributed by atoms with van der Waals surface area (Å²) in [6, 6.07) is 10.1. The second-order valence-corrected chi connectivity index (χ2v) is 12.4. The van der Waals surface area contributed by atoms with Gasteiger partial charge in [0.25, 0.3) is 0 Å². The number of halogens is 2. The second-order valence-electron chi connectivity index (χ2n) is 10.1. The van der Waals surface area contributed by atoms with Crippen LogP contribution in [-0.2, 0) is 26.2 Å². The number of anilines is 1. The van der Waals surface area contributed by atoms with Crippen LogP contribution in [0.5, 0.6) is 0 Å². The highest BCUT2D eigenvalue weighted by atomic mass is 35.5. The third-order valence-corrected chi connectivity index (χ3v) is 7.40. The maximum atomic E-state index is 13.5. The zero-order valence-electron chi connectivity index (χ0n) is 22.3. The third kappa shape index (κ3) is 9.00. The van der Waals surface area contributed by atoms with Crippen LogP contribution in [0.25, 0.3) is 0 Å². The van der Waals surface area contributed by atoms with Gasteiger partial charge in [-0.2, -0.15) is 0 Å². The van der Waals surface area contributed by atoms with Crippen LogP contribution in [-0.4, -0.2) is 49.5 Å². The van der Waals surface area contributed by atoms with E-state index in [1.54, 1.807) is 37.3 Å². The van der Waals surface area contributed by atoms with Gasteiger partial charge >= 0.3 is 0 Å². The molecule has 204 valence electrons. The van der Waals surface area contributed by atoms with Crippen molar-refractivity contribution in [3.05, 3.63) is 64.4 Å². The summed E-state index contributed by atoms with van der Waals surface area (Å²) in [5.74, 6) is -0.967. The molecule has 0 saturated heterocycles. The number of nitrogens with zero attached hydrogens (tertiary/aromatic N) is 2. The molecule has 0 radical (unpaired) electrons. The number of amides is 2. The van der Waals surface area contributed by atoms with E-state index in [-0.39, 0.29) is 37.7 Å². The molecule has 2 amide bonds. The SMILES string of the molecule is CCC(C(=O)NC(C)(C)C)N(Cc1ccc(F)cc1)C(=O)CCCN(c1cccc(Cl)c1C)S(C)(=O)=O. The van der Waals surface area contributed by atoms with Crippen LogP contribution in [0.15, 0.2) is 42.5 Å². The van der Waals surface area contributed by atoms with Crippen LogP contribution in [0.2, 0.25) is 5.02 Å². The summed E-state index contributed by atoms with van der Waals surface area (Å²) >= 11 is 6.20. The molecule has 0 aliphatic carbocycles. The van der Waals surface area contributed by atoms with Crippen molar-refractivity contribution in [2.24, 2.45) is 0 Å². The maximum Gasteiger partial charge on any atom is 0.243 e. The van der Waals surface area contributed by atoms with E-state index in [1.807, 2.05) is 27.7 Å². The van der Waals surface area contributed by atoms with Gasteiger partial charge in [-0.05, 0) is 75.9 Å². The van der Waals surface area contributed by atoms with Gasteiger partial charge in [0.1, 0.15) is 11.9 Å². The molecule has 1 unspecified atom stereocenters. The van der Waals surface area contributed by atoms with Crippen molar-refractivity contribution in [2.45, 2.75) is 72.0 Å². The Hall–Kier alpha value is -2.65. The number of hydrogen-bond acceptors (Lipinski definition) is 4. The van der Waals surface area contributed by atoms with Crippen LogP contribution in [0.4, 0.5) is 10.1 Å². The van der Waals surface area contributed by atoms with Gasteiger partial charge in [0, 0.05) is 30.1 Å². The second kappa shape index (κ2) is 12.7. The Morgan fingerprint density at radius 1 is 1.11 bits per heavy atom. The van der Waals surface area contributed by atoms with Crippen molar-refractivity contribution in [3.63, 3.8) is 0 Å². The minimum atomic E-state index is -3.63. The van der Waals surface area contributed by atoms with Crippen LogP contribution < -0.4 is 9.62 Å². The molecule has 1 N–H and O–H groups in total. The van der Waals surface area contributed by atoms with E-state index in [1.165, 1.54) is 21.3 Å². The fourth-order valence-corrected chi connectivity index (χ4v) is 5.19. The fraction of sp³-hybridized carbons (Fsp3) is 0.481. The molecule has 0 aliphatic rings. The summed E-state index contributed by atoms with van der Waals surface area (Å²) in [4.78, 5) is 28.0. The highest BCUT2D eigenvalue weighted by molar-refractivity contribution is 7.92. The van der Waals surface area contributed by atoms with Gasteiger partial charge in [0.2, 0.25) is 21.8 Å². The van der Waals surface area contributed by atoms with E-state index in [9.17, 15) is 22.4 Å². The van der Waals surface area contributed by atoms with E-state index in [0.29, 0.717) is 28.3 Å². The van der Waals surface area contributed by atoms with E-state index >= 15 is 0 Å². The van der Waals surface area contributed by atoms with Gasteiger partial charge in [-0.25, -0.2) is 12.8 Å². The lowest BCUT2D eigenvalue weighted by Gasteiger charge is -2.33. The van der Waals surface area contributed by atoms with Crippen molar-refractivity contribution in [1.82, 2.24) is 10.2 Å². The van der Waals surface area contributed by atoms with E-state index in [2.05, 4.69) is 5.32 Å². The Bertz CT molecular complexity index is 1200. The molecule has 0 aliphatic heterocycles. The number of sulfonamides is 1. The molecule has 0 heterocycles. The summed E-state index contributed by atoms with van der Waals surface area (Å²) < 4.78 is 39.8. The molecular weight excluding hydrogens is 517 g/mol. The summed E-state index contributed by atoms with van der Waals surface area (Å²) in [5, 5.41) is 3.38. The first-order chi connectivity index (χ1) is 17.1. The third-order valence-electron chi connectivity index (χ3n) is 5.81. The quantitative estimate of drug-likeness (QED) is 0.421. The van der Waals surface area contributed by atoms with Gasteiger partial charge in [-0.1, -0.05) is 36.7 Å². The highest BCUT2D eigenvalue weighted by Gasteiger charge is 2.31. The highest BCUT2D eigenvalue weighted by Crippen LogP contribution is 2.28. The van der Waals surface area contributed by atoms with Gasteiger partial charge in [-0.15, -0.1) is 0 Å². The average molecular weight is 554 g/mol. The summed E-state index contributed by atoms with van der Waals surface area (Å²) in [6.07, 6.45) is 1.74. The molecule has 0 fully saturated rings. The predicted octanol–water partition coefficient (Wildman–Crippen LogP) is 5.06. The molecule has 0 saturated carbocycles. The van der Waals surface area contributed by atoms with E-state index in [0.717, 1.165) is 6.26 Å². The van der Waals surface area contributed by atoms with Crippen molar-refractivity contribution < 1.29 is 22.4 Å². The van der Waals surface area contributed by atoms with Gasteiger partial charge in [-0.3, -0.25) is 13.9 Å². The van der Waals surface area contributed by atoms with Crippen LogP contribution >= 0.6 is 11.6 Å². The zero-order chi connectivity index (χ0) is 28.0. The molecule has 2 rings (SSSR count). The van der Waals surface area contributed by atoms with Crippen LogP contribution in [0.3, 0.4) is 0 Å². The van der Waals surface area contributed by atoms with Crippen LogP contribution in [0.1, 0.15) is 58.1 Å². The average Bonchev–Trinajstić information content (AvgIpc) is 2.78. The summed E-state index contributed by atoms with van der Waals surface area (Å²) in [5.41, 5.74) is 1.29. The fourth-order valence-electron chi connectivity index (χ4n) is 4.01. The lowest BCUT2D eigenvalue weighted by molar-refractivity contribution is -0.142. The Morgan fingerprint density at radius 3 is 2.27 bits per heavy atom. The normalized spacial score (nSPS) is 12.6. The standard InChI is InChI=1S/C27H37ClFN3O4S/c1-7-23(26(34)30-27(3,4)5)31(18-20-13-15-21(29)16-14-20)25(33)12-9-17-32(37(6,35)36)24-11-8-10-22(28)19(24)2/h8,10-11,13-16,23H,7,9,12,17-18H2,1-6H3,(H,30,34). The summed E-state index contributed by atoms with van der Waals surface area (Å²) in [6.45, 7) is 9.35. The number of carbonyl (C=O) groups is 2. The number of benzene rings is 2. The molecule has 1 atom stereocenters. The number of rotatable bonds is 11. The molecule has 2 aromatic carbocycles. The molecule has 7 nitrogen and oxygen atoms in total. The van der Waals surface area contributed by atoms with E-state index < -0.39 is 27.4 Å². The van der Waals surface area contributed by atoms with Crippen molar-refractivity contribution in [2.75, 3.05) is 17.1 Å². The maximum absolute atomic E-state index is 13.5. The minimum absolute atomic E-state index is 0.0200. The largest absolute Gasteiger partial charge is 0.350 e. The number of carbonyl (C=O) groups excluding carboxylic acids is 2. The Balaban J connectivity index is 2.27. The molecule has 0 aromatic heterocycles. The molecular formula is C27H37ClFN3O4S. The first kappa shape index (κ1) is 30.6. The lowest BCUT2D eigenvalue weighted by Crippen LogP contribution is -2.53. The first-order valence-electron chi connectivity index (χ1n) is 12.2. The number of nitrogens with one attached hydrogen (secondary N) is 1. The van der Waals surface area contributed by atoms with Gasteiger partial charge < -0.3 is 10.2 Å². The van der Waals surface area contributed by atoms with Gasteiger partial charge in [0.15, 0.2) is 0 Å².